The summed E-state index contributed by atoms with van der Waals surface area (Å²) in [6, 6.07) is 28.2. The number of rotatable bonds is 9. The van der Waals surface area contributed by atoms with Crippen molar-refractivity contribution in [3.8, 4) is 5.75 Å². The van der Waals surface area contributed by atoms with Crippen LogP contribution in [0.2, 0.25) is 0 Å². The first-order valence-corrected chi connectivity index (χ1v) is 13.6. The van der Waals surface area contributed by atoms with Crippen molar-refractivity contribution in [2.75, 3.05) is 19.9 Å². The summed E-state index contributed by atoms with van der Waals surface area (Å²) in [5.41, 5.74) is 3.74. The van der Waals surface area contributed by atoms with E-state index in [0.717, 1.165) is 31.7 Å². The van der Waals surface area contributed by atoms with Crippen LogP contribution in [0.1, 0.15) is 35.4 Å². The van der Waals surface area contributed by atoms with Gasteiger partial charge in [0.1, 0.15) is 5.75 Å². The van der Waals surface area contributed by atoms with Crippen LogP contribution in [0.25, 0.3) is 0 Å². The van der Waals surface area contributed by atoms with Crippen LogP contribution in [0.5, 0.6) is 5.75 Å². The summed E-state index contributed by atoms with van der Waals surface area (Å²) in [4.78, 5) is 15.7. The summed E-state index contributed by atoms with van der Waals surface area (Å²) in [7, 11) is 1.74. The monoisotopic (exact) mass is 485 g/mol. The third-order valence-corrected chi connectivity index (χ3v) is 8.48. The Hall–Kier alpha value is -2.60. The summed E-state index contributed by atoms with van der Waals surface area (Å²) in [6.45, 7) is 1.67. The number of carbonyl (C=O) groups excluding carboxylic acids is 1. The van der Waals surface area contributed by atoms with Crippen molar-refractivity contribution in [2.45, 2.75) is 48.3 Å². The Balaban J connectivity index is 1.53. The average molecular weight is 486 g/mol. The zero-order valence-electron chi connectivity index (χ0n) is 20.4. The molecule has 5 heteroatoms. The minimum Gasteiger partial charge on any atom is -0.496 e. The first-order chi connectivity index (χ1) is 17.2. The number of ether oxygens (including phenoxy) is 1. The smallest absolute Gasteiger partial charge is 0.217 e. The van der Waals surface area contributed by atoms with Gasteiger partial charge >= 0.3 is 0 Å². The van der Waals surface area contributed by atoms with E-state index in [2.05, 4.69) is 102 Å². The second kappa shape index (κ2) is 11.0. The zero-order chi connectivity index (χ0) is 24.2. The van der Waals surface area contributed by atoms with E-state index in [1.54, 1.807) is 18.9 Å². The molecule has 0 spiro atoms. The highest BCUT2D eigenvalue weighted by molar-refractivity contribution is 7.98. The van der Waals surface area contributed by atoms with Gasteiger partial charge in [0.15, 0.2) is 0 Å². The molecule has 1 radical (unpaired) electrons. The van der Waals surface area contributed by atoms with Crippen molar-refractivity contribution < 1.29 is 9.53 Å². The van der Waals surface area contributed by atoms with E-state index in [9.17, 15) is 4.79 Å². The van der Waals surface area contributed by atoms with Gasteiger partial charge in [-0.05, 0) is 60.9 Å². The number of nitrogens with one attached hydrogen (secondary N) is 1. The lowest BCUT2D eigenvalue weighted by atomic mass is 9.68. The predicted octanol–water partition coefficient (Wildman–Crippen LogP) is 5.28. The Kier molecular flexibility index (Phi) is 7.57. The van der Waals surface area contributed by atoms with Crippen LogP contribution in [0, 0.1) is 5.92 Å². The fourth-order valence-electron chi connectivity index (χ4n) is 6.14. The molecule has 3 aromatic carbocycles. The molecule has 35 heavy (non-hydrogen) atoms. The van der Waals surface area contributed by atoms with Crippen molar-refractivity contribution in [3.63, 3.8) is 0 Å². The van der Waals surface area contributed by atoms with Crippen molar-refractivity contribution in [1.82, 2.24) is 10.2 Å². The molecule has 0 aromatic heterocycles. The lowest BCUT2D eigenvalue weighted by Gasteiger charge is -2.56. The summed E-state index contributed by atoms with van der Waals surface area (Å²) in [5.74, 6) is 1.50. The number of benzene rings is 3. The average Bonchev–Trinajstić information content (AvgIpc) is 2.93. The number of thioether (sulfide) groups is 1. The van der Waals surface area contributed by atoms with Gasteiger partial charge in [0.05, 0.1) is 13.2 Å². The van der Waals surface area contributed by atoms with Crippen LogP contribution >= 0.6 is 11.8 Å². The van der Waals surface area contributed by atoms with E-state index in [1.165, 1.54) is 21.6 Å². The molecular weight excluding hydrogens is 452 g/mol. The maximum atomic E-state index is 12.0. The molecule has 2 bridgehead atoms. The number of piperidine rings is 3. The highest BCUT2D eigenvalue weighted by Crippen LogP contribution is 2.44. The third-order valence-electron chi connectivity index (χ3n) is 7.75. The van der Waals surface area contributed by atoms with Gasteiger partial charge in [0.25, 0.3) is 0 Å². The van der Waals surface area contributed by atoms with Crippen LogP contribution in [0.15, 0.2) is 83.8 Å². The molecule has 3 fully saturated rings. The molecule has 3 aromatic rings. The van der Waals surface area contributed by atoms with Gasteiger partial charge < -0.3 is 10.1 Å². The lowest BCUT2D eigenvalue weighted by Crippen LogP contribution is -2.67. The van der Waals surface area contributed by atoms with E-state index < -0.39 is 0 Å². The van der Waals surface area contributed by atoms with Crippen molar-refractivity contribution in [3.05, 3.63) is 95.6 Å². The molecule has 2 unspecified atom stereocenters. The first-order valence-electron chi connectivity index (χ1n) is 12.4. The second-order valence-electron chi connectivity index (χ2n) is 9.53. The van der Waals surface area contributed by atoms with Crippen LogP contribution in [-0.4, -0.2) is 49.2 Å². The van der Waals surface area contributed by atoms with Crippen LogP contribution in [0.3, 0.4) is 0 Å². The molecule has 181 valence electrons. The lowest BCUT2D eigenvalue weighted by molar-refractivity contribution is -0.0165. The first kappa shape index (κ1) is 24.1. The predicted molar refractivity (Wildman–Crippen MR) is 143 cm³/mol. The Morgan fingerprint density at radius 2 is 1.74 bits per heavy atom. The molecule has 0 amide bonds. The third kappa shape index (κ3) is 4.90. The van der Waals surface area contributed by atoms with Gasteiger partial charge in [-0.1, -0.05) is 60.7 Å². The van der Waals surface area contributed by atoms with E-state index in [-0.39, 0.29) is 24.0 Å². The number of fused-ring (bicyclic) bond motifs is 3. The summed E-state index contributed by atoms with van der Waals surface area (Å²) >= 11 is 1.74. The fraction of sp³-hybridized carbons (Fsp3) is 0.367. The molecule has 0 saturated carbocycles. The second-order valence-corrected chi connectivity index (χ2v) is 10.4. The molecule has 4 nitrogen and oxygen atoms in total. The standard InChI is InChI=1S/C30H33N2O2S/c1-34-27-14-13-26(35-2)18-24(27)19-31-29-23-15-16-32(25(17-23)20-33)30(29)28(21-9-5-3-6-10-21)22-11-7-4-8-12-22/h3-14,18,23,25,28-31H,15-17,19H2,1-2H3/t23-,25?,29-,30-/m0/s1. The van der Waals surface area contributed by atoms with Crippen molar-refractivity contribution >= 4 is 18.0 Å². The van der Waals surface area contributed by atoms with Gasteiger partial charge in [-0.3, -0.25) is 9.69 Å². The molecule has 0 aliphatic carbocycles. The molecule has 5 atom stereocenters. The van der Waals surface area contributed by atoms with Gasteiger partial charge in [-0.25, -0.2) is 0 Å². The Morgan fingerprint density at radius 1 is 1.06 bits per heavy atom. The van der Waals surface area contributed by atoms with Gasteiger partial charge in [-0.2, -0.15) is 0 Å². The zero-order valence-corrected chi connectivity index (χ0v) is 21.2. The number of methoxy groups -OCH3 is 1. The van der Waals surface area contributed by atoms with Gasteiger partial charge in [0, 0.05) is 35.0 Å². The molecule has 6 rings (SSSR count). The van der Waals surface area contributed by atoms with E-state index in [0.29, 0.717) is 5.92 Å². The van der Waals surface area contributed by atoms with Crippen molar-refractivity contribution in [2.24, 2.45) is 5.92 Å². The number of hydrogen-bond donors (Lipinski definition) is 1. The number of hydrogen-bond acceptors (Lipinski definition) is 5. The maximum Gasteiger partial charge on any atom is 0.217 e. The van der Waals surface area contributed by atoms with E-state index in [1.807, 2.05) is 0 Å². The van der Waals surface area contributed by atoms with Gasteiger partial charge in [-0.15, -0.1) is 11.8 Å². The molecule has 1 N–H and O–H groups in total. The largest absolute Gasteiger partial charge is 0.496 e. The molecule has 3 aliphatic rings. The topological polar surface area (TPSA) is 41.6 Å². The Bertz CT molecular complexity index is 1080. The summed E-state index contributed by atoms with van der Waals surface area (Å²) in [5, 5.41) is 3.95. The van der Waals surface area contributed by atoms with Crippen LogP contribution in [0.4, 0.5) is 0 Å². The highest BCUT2D eigenvalue weighted by atomic mass is 32.2. The minimum atomic E-state index is -0.138. The SMILES string of the molecule is COc1ccc(SC)cc1CN[C@H]1[C@H]2CCN(C([C]=O)C2)[C@H]1C(c1ccccc1)c1ccccc1. The maximum absolute atomic E-state index is 12.0. The number of nitrogens with zero attached hydrogens (tertiary/aromatic N) is 1. The quantitative estimate of drug-likeness (QED) is 0.418. The van der Waals surface area contributed by atoms with E-state index in [4.69, 9.17) is 4.74 Å². The molecule has 3 heterocycles. The van der Waals surface area contributed by atoms with Crippen molar-refractivity contribution in [1.29, 1.82) is 0 Å². The molecular formula is C30H33N2O2S. The fourth-order valence-corrected chi connectivity index (χ4v) is 6.60. The Morgan fingerprint density at radius 3 is 2.34 bits per heavy atom. The minimum absolute atomic E-state index is 0.138. The highest BCUT2D eigenvalue weighted by Gasteiger charge is 2.50. The van der Waals surface area contributed by atoms with Crippen LogP contribution in [-0.2, 0) is 11.3 Å². The summed E-state index contributed by atoms with van der Waals surface area (Å²) in [6.07, 6.45) is 6.45. The summed E-state index contributed by atoms with van der Waals surface area (Å²) < 4.78 is 5.68. The van der Waals surface area contributed by atoms with Crippen LogP contribution < -0.4 is 10.1 Å². The Labute approximate surface area is 213 Å². The normalized spacial score (nSPS) is 25.5. The van der Waals surface area contributed by atoms with Gasteiger partial charge in [0.2, 0.25) is 6.29 Å². The molecule has 3 saturated heterocycles. The molecule has 3 aliphatic heterocycles. The van der Waals surface area contributed by atoms with E-state index >= 15 is 0 Å².